The summed E-state index contributed by atoms with van der Waals surface area (Å²) in [7, 11) is -3.54. The maximum atomic E-state index is 13.0. The number of ether oxygens (including phenoxy) is 1. The number of likely N-dealkylation sites (N-methyl/N-ethyl adjacent to an activating group) is 1. The third-order valence-corrected chi connectivity index (χ3v) is 7.08. The zero-order chi connectivity index (χ0) is 18.9. The molecule has 0 spiro atoms. The van der Waals surface area contributed by atoms with Crippen molar-refractivity contribution in [3.05, 3.63) is 23.8 Å². The monoisotopic (exact) mass is 418 g/mol. The van der Waals surface area contributed by atoms with Gasteiger partial charge in [-0.2, -0.15) is 4.31 Å². The Balaban J connectivity index is 0.00000261. The molecule has 1 atom stereocenters. The Morgan fingerprint density at radius 3 is 2.59 bits per heavy atom. The molecule has 0 saturated carbocycles. The van der Waals surface area contributed by atoms with Crippen LogP contribution >= 0.6 is 12.4 Å². The Kier molecular flexibility index (Phi) is 7.13. The van der Waals surface area contributed by atoms with Crippen LogP contribution in [-0.4, -0.2) is 67.0 Å². The topological polar surface area (TPSA) is 87.2 Å². The molecule has 0 aromatic heterocycles. The van der Waals surface area contributed by atoms with Crippen molar-refractivity contribution in [1.29, 1.82) is 0 Å². The number of carboxylic acids is 1. The maximum Gasteiger partial charge on any atom is 0.317 e. The van der Waals surface area contributed by atoms with E-state index in [1.807, 2.05) is 18.7 Å². The predicted molar refractivity (Wildman–Crippen MR) is 104 cm³/mol. The number of hydrogen-bond donors (Lipinski definition) is 1. The number of aliphatic carboxylic acids is 1. The van der Waals surface area contributed by atoms with E-state index in [0.29, 0.717) is 37.4 Å². The summed E-state index contributed by atoms with van der Waals surface area (Å²) in [4.78, 5) is 13.2. The lowest BCUT2D eigenvalue weighted by molar-refractivity contribution is -0.139. The van der Waals surface area contributed by atoms with Crippen LogP contribution in [0.15, 0.2) is 23.1 Å². The number of fused-ring (bicyclic) bond motifs is 1. The van der Waals surface area contributed by atoms with E-state index in [1.54, 1.807) is 18.2 Å². The molecule has 1 aromatic rings. The van der Waals surface area contributed by atoms with Crippen molar-refractivity contribution in [3.63, 3.8) is 0 Å². The number of rotatable bonds is 6. The molecule has 1 aromatic carbocycles. The van der Waals surface area contributed by atoms with E-state index < -0.39 is 16.0 Å². The van der Waals surface area contributed by atoms with E-state index in [2.05, 4.69) is 0 Å². The third kappa shape index (κ3) is 4.74. The van der Waals surface area contributed by atoms with E-state index in [1.165, 1.54) is 4.31 Å². The van der Waals surface area contributed by atoms with Crippen LogP contribution in [0.3, 0.4) is 0 Å². The highest BCUT2D eigenvalue weighted by Gasteiger charge is 2.32. The molecular weight excluding hydrogens is 392 g/mol. The van der Waals surface area contributed by atoms with Crippen LogP contribution in [0, 0.1) is 0 Å². The molecule has 27 heavy (non-hydrogen) atoms. The van der Waals surface area contributed by atoms with Crippen LogP contribution in [0.2, 0.25) is 0 Å². The molecule has 0 bridgehead atoms. The lowest BCUT2D eigenvalue weighted by Gasteiger charge is -2.36. The molecule has 0 amide bonds. The number of benzene rings is 1. The Morgan fingerprint density at radius 1 is 1.33 bits per heavy atom. The molecule has 2 aliphatic heterocycles. The summed E-state index contributed by atoms with van der Waals surface area (Å²) >= 11 is 0. The van der Waals surface area contributed by atoms with Gasteiger partial charge >= 0.3 is 5.97 Å². The first kappa shape index (κ1) is 21.9. The van der Waals surface area contributed by atoms with Crippen LogP contribution in [0.5, 0.6) is 5.75 Å². The average Bonchev–Trinajstić information content (AvgIpc) is 2.98. The predicted octanol–water partition coefficient (Wildman–Crippen LogP) is 1.99. The quantitative estimate of drug-likeness (QED) is 0.760. The first-order chi connectivity index (χ1) is 12.3. The maximum absolute atomic E-state index is 13.0. The Labute approximate surface area is 166 Å². The van der Waals surface area contributed by atoms with Gasteiger partial charge in [-0.25, -0.2) is 8.42 Å². The molecular formula is C18H27ClN2O5S. The van der Waals surface area contributed by atoms with Crippen molar-refractivity contribution in [1.82, 2.24) is 9.21 Å². The van der Waals surface area contributed by atoms with E-state index in [4.69, 9.17) is 9.84 Å². The summed E-state index contributed by atoms with van der Waals surface area (Å²) in [6.45, 7) is 5.36. The summed E-state index contributed by atoms with van der Waals surface area (Å²) in [5.41, 5.74) is 0.937. The summed E-state index contributed by atoms with van der Waals surface area (Å²) in [5.74, 6) is -0.0843. The van der Waals surface area contributed by atoms with Crippen LogP contribution in [0.1, 0.15) is 32.3 Å². The standard InChI is InChI=1S/C18H26N2O5S.ClH/c1-3-19(12-18(21)22)15-6-8-20(9-7-15)26(23,24)16-4-5-17-14(11-16)10-13(2)25-17;/h4-5,11,13,15H,3,6-10,12H2,1-2H3,(H,21,22);1H. The van der Waals surface area contributed by atoms with Gasteiger partial charge < -0.3 is 9.84 Å². The normalized spacial score (nSPS) is 20.8. The first-order valence-electron chi connectivity index (χ1n) is 9.07. The van der Waals surface area contributed by atoms with Gasteiger partial charge in [-0.3, -0.25) is 9.69 Å². The molecule has 152 valence electrons. The minimum absolute atomic E-state index is 0. The molecule has 9 heteroatoms. The lowest BCUT2D eigenvalue weighted by Crippen LogP contribution is -2.48. The summed E-state index contributed by atoms with van der Waals surface area (Å²) in [5, 5.41) is 9.01. The van der Waals surface area contributed by atoms with Gasteiger partial charge in [0, 0.05) is 25.6 Å². The van der Waals surface area contributed by atoms with Crippen molar-refractivity contribution in [3.8, 4) is 5.75 Å². The molecule has 1 saturated heterocycles. The van der Waals surface area contributed by atoms with E-state index in [0.717, 1.165) is 17.7 Å². The van der Waals surface area contributed by atoms with E-state index in [-0.39, 0.29) is 31.1 Å². The Hall–Kier alpha value is -1.35. The van der Waals surface area contributed by atoms with Crippen molar-refractivity contribution in [2.45, 2.75) is 50.2 Å². The second-order valence-electron chi connectivity index (χ2n) is 6.99. The number of halogens is 1. The zero-order valence-corrected chi connectivity index (χ0v) is 17.3. The second kappa shape index (κ2) is 8.77. The molecule has 1 N–H and O–H groups in total. The first-order valence-corrected chi connectivity index (χ1v) is 10.5. The highest BCUT2D eigenvalue weighted by atomic mass is 35.5. The van der Waals surface area contributed by atoms with Crippen molar-refractivity contribution >= 4 is 28.4 Å². The van der Waals surface area contributed by atoms with Crippen molar-refractivity contribution in [2.24, 2.45) is 0 Å². The zero-order valence-electron chi connectivity index (χ0n) is 15.6. The largest absolute Gasteiger partial charge is 0.490 e. The van der Waals surface area contributed by atoms with Gasteiger partial charge in [0.2, 0.25) is 10.0 Å². The fourth-order valence-electron chi connectivity index (χ4n) is 3.83. The van der Waals surface area contributed by atoms with Crippen LogP contribution in [0.4, 0.5) is 0 Å². The van der Waals surface area contributed by atoms with Crippen LogP contribution < -0.4 is 4.74 Å². The minimum atomic E-state index is -3.54. The number of nitrogens with zero attached hydrogens (tertiary/aromatic N) is 2. The minimum Gasteiger partial charge on any atom is -0.490 e. The fraction of sp³-hybridized carbons (Fsp3) is 0.611. The highest BCUT2D eigenvalue weighted by Crippen LogP contribution is 2.32. The van der Waals surface area contributed by atoms with Gasteiger partial charge in [-0.15, -0.1) is 12.4 Å². The van der Waals surface area contributed by atoms with E-state index in [9.17, 15) is 13.2 Å². The summed E-state index contributed by atoms with van der Waals surface area (Å²) in [6, 6.07) is 5.19. The molecule has 2 aliphatic rings. The molecule has 0 aliphatic carbocycles. The van der Waals surface area contributed by atoms with Crippen LogP contribution in [-0.2, 0) is 21.2 Å². The summed E-state index contributed by atoms with van der Waals surface area (Å²) < 4.78 is 33.1. The van der Waals surface area contributed by atoms with Gasteiger partial charge in [-0.05, 0) is 50.1 Å². The van der Waals surface area contributed by atoms with Gasteiger partial charge in [0.25, 0.3) is 0 Å². The fourth-order valence-corrected chi connectivity index (χ4v) is 5.35. The molecule has 0 radical (unpaired) electrons. The second-order valence-corrected chi connectivity index (χ2v) is 8.93. The Morgan fingerprint density at radius 2 is 2.00 bits per heavy atom. The van der Waals surface area contributed by atoms with Gasteiger partial charge in [-0.1, -0.05) is 6.92 Å². The average molecular weight is 419 g/mol. The smallest absolute Gasteiger partial charge is 0.317 e. The number of carbonyl (C=O) groups is 1. The van der Waals surface area contributed by atoms with Crippen LogP contribution in [0.25, 0.3) is 0 Å². The number of hydrogen-bond acceptors (Lipinski definition) is 5. The summed E-state index contributed by atoms with van der Waals surface area (Å²) in [6.07, 6.45) is 2.09. The third-order valence-electron chi connectivity index (χ3n) is 5.19. The lowest BCUT2D eigenvalue weighted by atomic mass is 10.0. The number of piperidine rings is 1. The van der Waals surface area contributed by atoms with Gasteiger partial charge in [0.05, 0.1) is 11.4 Å². The molecule has 2 heterocycles. The van der Waals surface area contributed by atoms with Gasteiger partial charge in [0.1, 0.15) is 11.9 Å². The molecule has 3 rings (SSSR count). The van der Waals surface area contributed by atoms with Gasteiger partial charge in [0.15, 0.2) is 0 Å². The molecule has 7 nitrogen and oxygen atoms in total. The number of sulfonamides is 1. The van der Waals surface area contributed by atoms with E-state index >= 15 is 0 Å². The SMILES string of the molecule is CCN(CC(=O)O)C1CCN(S(=O)(=O)c2ccc3c(c2)CC(C)O3)CC1.Cl. The van der Waals surface area contributed by atoms with Crippen molar-refractivity contribution < 1.29 is 23.1 Å². The number of carboxylic acid groups (broad SMARTS) is 1. The Bertz CT molecular complexity index is 778. The molecule has 1 unspecified atom stereocenters. The van der Waals surface area contributed by atoms with Crippen molar-refractivity contribution in [2.75, 3.05) is 26.2 Å². The molecule has 1 fully saturated rings. The highest BCUT2D eigenvalue weighted by molar-refractivity contribution is 7.89.